The average Bonchev–Trinajstić information content (AvgIpc) is 2.57. The Morgan fingerprint density at radius 3 is 2.35 bits per heavy atom. The summed E-state index contributed by atoms with van der Waals surface area (Å²) >= 11 is 12.2. The molecule has 1 aliphatic rings. The van der Waals surface area contributed by atoms with Gasteiger partial charge in [0.05, 0.1) is 15.7 Å². The molecule has 1 fully saturated rings. The first-order chi connectivity index (χ1) is 12.3. The molecular weight excluding hydrogens is 378 g/mol. The molecule has 2 amide bonds. The van der Waals surface area contributed by atoms with E-state index in [1.807, 2.05) is 0 Å². The molecule has 1 heterocycles. The Labute approximate surface area is 161 Å². The molecule has 0 atom stereocenters. The number of halogens is 3. The maximum atomic E-state index is 13.5. The first kappa shape index (κ1) is 18.7. The highest BCUT2D eigenvalue weighted by Gasteiger charge is 2.35. The summed E-state index contributed by atoms with van der Waals surface area (Å²) in [4.78, 5) is 28.1. The van der Waals surface area contributed by atoms with Crippen LogP contribution >= 0.6 is 23.2 Å². The second-order valence-corrected chi connectivity index (χ2v) is 7.07. The average molecular weight is 395 g/mol. The van der Waals surface area contributed by atoms with Gasteiger partial charge in [0.15, 0.2) is 0 Å². The summed E-state index contributed by atoms with van der Waals surface area (Å²) in [6.45, 7) is 4.33. The normalized spacial score (nSPS) is 15.0. The highest BCUT2D eigenvalue weighted by molar-refractivity contribution is 6.43. The van der Waals surface area contributed by atoms with Gasteiger partial charge < -0.3 is 9.80 Å². The van der Waals surface area contributed by atoms with E-state index in [9.17, 15) is 14.0 Å². The van der Waals surface area contributed by atoms with Crippen molar-refractivity contribution in [1.29, 1.82) is 0 Å². The Balaban J connectivity index is 1.84. The van der Waals surface area contributed by atoms with Crippen LogP contribution < -0.4 is 4.90 Å². The minimum atomic E-state index is -0.632. The second kappa shape index (κ2) is 7.25. The fourth-order valence-electron chi connectivity index (χ4n) is 3.24. The predicted octanol–water partition coefficient (Wildman–Crippen LogP) is 4.12. The molecular formula is C19H17Cl2FN2O2. The lowest BCUT2D eigenvalue weighted by molar-refractivity contribution is -0.146. The zero-order chi connectivity index (χ0) is 19.0. The van der Waals surface area contributed by atoms with Crippen LogP contribution in [0.1, 0.15) is 16.7 Å². The molecule has 0 aliphatic carbocycles. The SMILES string of the molecule is Cc1cc(F)cc(C)c1N1CCN(Cc2cccc(Cl)c2Cl)C(=O)C1=O. The topological polar surface area (TPSA) is 40.6 Å². The maximum Gasteiger partial charge on any atom is 0.316 e. The lowest BCUT2D eigenvalue weighted by atomic mass is 10.1. The lowest BCUT2D eigenvalue weighted by Gasteiger charge is -2.35. The van der Waals surface area contributed by atoms with Crippen molar-refractivity contribution in [2.75, 3.05) is 18.0 Å². The van der Waals surface area contributed by atoms with Crippen LogP contribution in [-0.4, -0.2) is 29.8 Å². The van der Waals surface area contributed by atoms with Crippen molar-refractivity contribution in [3.8, 4) is 0 Å². The van der Waals surface area contributed by atoms with Crippen molar-refractivity contribution in [3.63, 3.8) is 0 Å². The third-order valence-electron chi connectivity index (χ3n) is 4.43. The standard InChI is InChI=1S/C19H17Cl2FN2O2/c1-11-8-14(22)9-12(2)17(11)24-7-6-23(18(25)19(24)26)10-13-4-3-5-15(20)16(13)21/h3-5,8-9H,6-7,10H2,1-2H3. The fraction of sp³-hybridized carbons (Fsp3) is 0.263. The van der Waals surface area contributed by atoms with Gasteiger partial charge in [-0.15, -0.1) is 0 Å². The molecule has 0 radical (unpaired) electrons. The molecule has 0 N–H and O–H groups in total. The molecule has 7 heteroatoms. The number of carbonyl (C=O) groups excluding carboxylic acids is 2. The summed E-state index contributed by atoms with van der Waals surface area (Å²) in [5, 5.41) is 0.779. The zero-order valence-corrected chi connectivity index (χ0v) is 15.9. The van der Waals surface area contributed by atoms with E-state index in [1.165, 1.54) is 21.9 Å². The Hall–Kier alpha value is -2.11. The molecule has 0 unspecified atom stereocenters. The van der Waals surface area contributed by atoms with E-state index in [2.05, 4.69) is 0 Å². The van der Waals surface area contributed by atoms with Gasteiger partial charge >= 0.3 is 11.8 Å². The van der Waals surface area contributed by atoms with Crippen molar-refractivity contribution >= 4 is 40.7 Å². The van der Waals surface area contributed by atoms with Gasteiger partial charge in [-0.25, -0.2) is 4.39 Å². The molecule has 1 saturated heterocycles. The molecule has 0 spiro atoms. The van der Waals surface area contributed by atoms with Gasteiger partial charge in [0.2, 0.25) is 0 Å². The van der Waals surface area contributed by atoms with E-state index in [0.717, 1.165) is 0 Å². The summed E-state index contributed by atoms with van der Waals surface area (Å²) < 4.78 is 13.5. The van der Waals surface area contributed by atoms with Crippen LogP contribution in [0.3, 0.4) is 0 Å². The van der Waals surface area contributed by atoms with E-state index >= 15 is 0 Å². The second-order valence-electron chi connectivity index (χ2n) is 6.28. The van der Waals surface area contributed by atoms with Crippen molar-refractivity contribution < 1.29 is 14.0 Å². The van der Waals surface area contributed by atoms with Gasteiger partial charge in [-0.2, -0.15) is 0 Å². The van der Waals surface area contributed by atoms with Crippen molar-refractivity contribution in [2.45, 2.75) is 20.4 Å². The van der Waals surface area contributed by atoms with Crippen LogP contribution in [0.2, 0.25) is 10.0 Å². The monoisotopic (exact) mass is 394 g/mol. The Bertz CT molecular complexity index is 878. The molecule has 136 valence electrons. The summed E-state index contributed by atoms with van der Waals surface area (Å²) in [6.07, 6.45) is 0. The molecule has 1 aliphatic heterocycles. The van der Waals surface area contributed by atoms with E-state index in [1.54, 1.807) is 32.0 Å². The van der Waals surface area contributed by atoms with Crippen LogP contribution in [0.15, 0.2) is 30.3 Å². The van der Waals surface area contributed by atoms with Crippen LogP contribution in [0.4, 0.5) is 10.1 Å². The van der Waals surface area contributed by atoms with Gasteiger partial charge in [0, 0.05) is 19.6 Å². The number of hydrogen-bond acceptors (Lipinski definition) is 2. The zero-order valence-electron chi connectivity index (χ0n) is 14.4. The smallest absolute Gasteiger partial charge is 0.316 e. The minimum Gasteiger partial charge on any atom is -0.328 e. The predicted molar refractivity (Wildman–Crippen MR) is 100 cm³/mol. The molecule has 4 nitrogen and oxygen atoms in total. The molecule has 0 bridgehead atoms. The molecule has 0 aromatic heterocycles. The van der Waals surface area contributed by atoms with Crippen molar-refractivity contribution in [2.24, 2.45) is 0 Å². The Morgan fingerprint density at radius 1 is 1.04 bits per heavy atom. The van der Waals surface area contributed by atoms with Gasteiger partial charge in [0.25, 0.3) is 0 Å². The summed E-state index contributed by atoms with van der Waals surface area (Å²) in [6, 6.07) is 7.90. The number of amides is 2. The van der Waals surface area contributed by atoms with Crippen LogP contribution in [0.25, 0.3) is 0 Å². The first-order valence-corrected chi connectivity index (χ1v) is 8.85. The van der Waals surface area contributed by atoms with Crippen molar-refractivity contribution in [1.82, 2.24) is 4.90 Å². The Kier molecular flexibility index (Phi) is 5.21. The first-order valence-electron chi connectivity index (χ1n) is 8.10. The molecule has 2 aromatic carbocycles. The van der Waals surface area contributed by atoms with Crippen molar-refractivity contribution in [3.05, 3.63) is 62.9 Å². The Morgan fingerprint density at radius 2 is 1.69 bits per heavy atom. The molecule has 2 aromatic rings. The highest BCUT2D eigenvalue weighted by Crippen LogP contribution is 2.30. The maximum absolute atomic E-state index is 13.5. The largest absolute Gasteiger partial charge is 0.328 e. The lowest BCUT2D eigenvalue weighted by Crippen LogP contribution is -2.54. The van der Waals surface area contributed by atoms with E-state index < -0.39 is 11.8 Å². The van der Waals surface area contributed by atoms with Gasteiger partial charge in [0.1, 0.15) is 5.82 Å². The quantitative estimate of drug-likeness (QED) is 0.734. The number of nitrogens with zero attached hydrogens (tertiary/aromatic N) is 2. The van der Waals surface area contributed by atoms with Gasteiger partial charge in [-0.3, -0.25) is 9.59 Å². The summed E-state index contributed by atoms with van der Waals surface area (Å²) in [7, 11) is 0. The van der Waals surface area contributed by atoms with Crippen LogP contribution in [-0.2, 0) is 16.1 Å². The molecule has 26 heavy (non-hydrogen) atoms. The van der Waals surface area contributed by atoms with E-state index in [4.69, 9.17) is 23.2 Å². The number of benzene rings is 2. The molecule has 3 rings (SSSR count). The number of aryl methyl sites for hydroxylation is 2. The van der Waals surface area contributed by atoms with Gasteiger partial charge in [-0.05, 0) is 48.7 Å². The third kappa shape index (κ3) is 3.41. The number of hydrogen-bond donors (Lipinski definition) is 0. The van der Waals surface area contributed by atoms with Gasteiger partial charge in [-0.1, -0.05) is 35.3 Å². The highest BCUT2D eigenvalue weighted by atomic mass is 35.5. The summed E-state index contributed by atoms with van der Waals surface area (Å²) in [5.74, 6) is -1.61. The number of carbonyl (C=O) groups is 2. The van der Waals surface area contributed by atoms with Crippen LogP contribution in [0, 0.1) is 19.7 Å². The minimum absolute atomic E-state index is 0.208. The van der Waals surface area contributed by atoms with E-state index in [-0.39, 0.29) is 12.4 Å². The summed E-state index contributed by atoms with van der Waals surface area (Å²) in [5.41, 5.74) is 2.51. The number of rotatable bonds is 3. The van der Waals surface area contributed by atoms with E-state index in [0.29, 0.717) is 45.5 Å². The third-order valence-corrected chi connectivity index (χ3v) is 5.29. The molecule has 0 saturated carbocycles. The van der Waals surface area contributed by atoms with Crippen LogP contribution in [0.5, 0.6) is 0 Å². The number of anilines is 1. The number of piperazine rings is 1. The fourth-order valence-corrected chi connectivity index (χ4v) is 3.62.